The van der Waals surface area contributed by atoms with Gasteiger partial charge in [-0.3, -0.25) is 4.79 Å². The minimum atomic E-state index is -0.625. The predicted molar refractivity (Wildman–Crippen MR) is 99.0 cm³/mol. The first-order valence-corrected chi connectivity index (χ1v) is 9.59. The molecule has 0 spiro atoms. The number of nitrogens with one attached hydrogen (secondary N) is 1. The summed E-state index contributed by atoms with van der Waals surface area (Å²) in [6.45, 7) is 3.35. The van der Waals surface area contributed by atoms with Crippen molar-refractivity contribution in [1.29, 1.82) is 0 Å². The van der Waals surface area contributed by atoms with Gasteiger partial charge < -0.3 is 21.1 Å². The van der Waals surface area contributed by atoms with Crippen LogP contribution in [-0.2, 0) is 4.79 Å². The van der Waals surface area contributed by atoms with Crippen LogP contribution in [0, 0.1) is 5.92 Å². The average molecular weight is 345 g/mol. The minimum absolute atomic E-state index is 0.0342. The molecule has 1 aromatic rings. The van der Waals surface area contributed by atoms with Gasteiger partial charge in [0.25, 0.3) is 0 Å². The summed E-state index contributed by atoms with van der Waals surface area (Å²) in [5.74, 6) is 0.547. The molecule has 0 radical (unpaired) electrons. The van der Waals surface area contributed by atoms with E-state index in [1.165, 1.54) is 0 Å². The molecule has 1 aliphatic heterocycles. The Labute approximate surface area is 150 Å². The Morgan fingerprint density at radius 1 is 1.24 bits per heavy atom. The van der Waals surface area contributed by atoms with Crippen LogP contribution in [0.3, 0.4) is 0 Å². The van der Waals surface area contributed by atoms with Crippen molar-refractivity contribution in [3.05, 3.63) is 35.9 Å². The first-order chi connectivity index (χ1) is 12.1. The number of rotatable bonds is 6. The largest absolute Gasteiger partial charge is 0.387 e. The fraction of sp³-hybridized carbons (Fsp3) is 0.650. The number of likely N-dealkylation sites (tertiary alicyclic amines) is 1. The second-order valence-corrected chi connectivity index (χ2v) is 7.74. The number of carbonyl (C=O) groups excluding carboxylic acids is 1. The molecule has 1 saturated heterocycles. The molecule has 1 heterocycles. The van der Waals surface area contributed by atoms with Crippen LogP contribution in [0.15, 0.2) is 30.3 Å². The van der Waals surface area contributed by atoms with Crippen LogP contribution in [0.25, 0.3) is 0 Å². The number of benzene rings is 1. The van der Waals surface area contributed by atoms with E-state index in [4.69, 9.17) is 5.73 Å². The van der Waals surface area contributed by atoms with E-state index < -0.39 is 11.6 Å². The van der Waals surface area contributed by atoms with Crippen molar-refractivity contribution in [3.8, 4) is 0 Å². The third-order valence-electron chi connectivity index (χ3n) is 5.82. The van der Waals surface area contributed by atoms with Crippen molar-refractivity contribution >= 4 is 5.91 Å². The van der Waals surface area contributed by atoms with Crippen LogP contribution in [0.4, 0.5) is 0 Å². The van der Waals surface area contributed by atoms with Crippen LogP contribution < -0.4 is 11.1 Å². The van der Waals surface area contributed by atoms with Crippen LogP contribution in [0.5, 0.6) is 0 Å². The maximum absolute atomic E-state index is 12.3. The van der Waals surface area contributed by atoms with Gasteiger partial charge in [-0.1, -0.05) is 43.2 Å². The summed E-state index contributed by atoms with van der Waals surface area (Å²) < 4.78 is 0. The zero-order valence-electron chi connectivity index (χ0n) is 15.0. The van der Waals surface area contributed by atoms with E-state index in [9.17, 15) is 9.90 Å². The highest BCUT2D eigenvalue weighted by Crippen LogP contribution is 2.27. The molecule has 1 unspecified atom stereocenters. The van der Waals surface area contributed by atoms with Crippen molar-refractivity contribution < 1.29 is 9.90 Å². The molecule has 1 saturated carbocycles. The molecule has 5 nitrogen and oxygen atoms in total. The second kappa shape index (κ2) is 8.30. The van der Waals surface area contributed by atoms with Crippen LogP contribution in [0.2, 0.25) is 0 Å². The van der Waals surface area contributed by atoms with Gasteiger partial charge in [-0.05, 0) is 50.3 Å². The van der Waals surface area contributed by atoms with Crippen molar-refractivity contribution in [2.24, 2.45) is 11.7 Å². The zero-order valence-corrected chi connectivity index (χ0v) is 15.0. The van der Waals surface area contributed by atoms with Gasteiger partial charge in [-0.25, -0.2) is 0 Å². The topological polar surface area (TPSA) is 78.6 Å². The second-order valence-electron chi connectivity index (χ2n) is 7.74. The lowest BCUT2D eigenvalue weighted by Gasteiger charge is -2.34. The molecule has 2 aliphatic rings. The first-order valence-electron chi connectivity index (χ1n) is 9.59. The van der Waals surface area contributed by atoms with Gasteiger partial charge in [0.15, 0.2) is 0 Å². The Bertz CT molecular complexity index is 549. The number of hydrogen-bond donors (Lipinski definition) is 3. The highest BCUT2D eigenvalue weighted by Gasteiger charge is 2.37. The Morgan fingerprint density at radius 3 is 2.52 bits per heavy atom. The van der Waals surface area contributed by atoms with E-state index in [2.05, 4.69) is 10.2 Å². The Hall–Kier alpha value is -1.43. The van der Waals surface area contributed by atoms with Crippen LogP contribution in [-0.4, -0.2) is 47.6 Å². The number of β-amino-alcohol motifs (C(OH)–C–C–N with tert-alkyl or cyclic N) is 1. The lowest BCUT2D eigenvalue weighted by molar-refractivity contribution is -0.126. The lowest BCUT2D eigenvalue weighted by atomic mass is 9.94. The van der Waals surface area contributed by atoms with E-state index in [0.29, 0.717) is 12.5 Å². The summed E-state index contributed by atoms with van der Waals surface area (Å²) in [5.41, 5.74) is 6.55. The van der Waals surface area contributed by atoms with Gasteiger partial charge in [-0.15, -0.1) is 0 Å². The Balaban J connectivity index is 1.38. The quantitative estimate of drug-likeness (QED) is 0.735. The summed E-state index contributed by atoms with van der Waals surface area (Å²) in [6, 6.07) is 9.83. The van der Waals surface area contributed by atoms with Gasteiger partial charge in [0.1, 0.15) is 0 Å². The summed E-state index contributed by atoms with van der Waals surface area (Å²) in [7, 11) is 0. The van der Waals surface area contributed by atoms with Crippen molar-refractivity contribution in [3.63, 3.8) is 0 Å². The number of nitrogens with zero attached hydrogens (tertiary/aromatic N) is 1. The molecule has 3 rings (SSSR count). The molecule has 1 aliphatic carbocycles. The molecule has 0 aromatic heterocycles. The monoisotopic (exact) mass is 345 g/mol. The molecule has 25 heavy (non-hydrogen) atoms. The normalized spacial score (nSPS) is 22.6. The molecule has 1 amide bonds. The molecule has 138 valence electrons. The Morgan fingerprint density at radius 2 is 1.88 bits per heavy atom. The number of aliphatic hydroxyl groups is 1. The third kappa shape index (κ3) is 4.81. The molecule has 5 heteroatoms. The van der Waals surface area contributed by atoms with Gasteiger partial charge >= 0.3 is 0 Å². The van der Waals surface area contributed by atoms with Gasteiger partial charge in [0, 0.05) is 13.1 Å². The number of amides is 1. The molecule has 4 N–H and O–H groups in total. The molecular formula is C20H31N3O2. The number of piperidine rings is 1. The highest BCUT2D eigenvalue weighted by molar-refractivity contribution is 5.86. The van der Waals surface area contributed by atoms with E-state index in [1.54, 1.807) is 0 Å². The average Bonchev–Trinajstić information content (AvgIpc) is 3.09. The fourth-order valence-corrected chi connectivity index (χ4v) is 4.04. The standard InChI is InChI=1S/C20H31N3O2/c21-20(10-4-5-11-20)19(25)22-14-16-8-12-23(13-9-16)15-18(24)17-6-2-1-3-7-17/h1-3,6-7,16,18,24H,4-5,8-15,21H2,(H,22,25). The van der Waals surface area contributed by atoms with Gasteiger partial charge in [0.05, 0.1) is 11.6 Å². The molecule has 2 fully saturated rings. The zero-order chi connectivity index (χ0) is 17.7. The Kier molecular flexibility index (Phi) is 6.10. The van der Waals surface area contributed by atoms with E-state index in [-0.39, 0.29) is 5.91 Å². The lowest BCUT2D eigenvalue weighted by Crippen LogP contribution is -2.53. The summed E-state index contributed by atoms with van der Waals surface area (Å²) in [4.78, 5) is 14.6. The molecule has 1 atom stereocenters. The summed E-state index contributed by atoms with van der Waals surface area (Å²) >= 11 is 0. The van der Waals surface area contributed by atoms with Crippen LogP contribution in [0.1, 0.15) is 50.2 Å². The van der Waals surface area contributed by atoms with Crippen molar-refractivity contribution in [1.82, 2.24) is 10.2 Å². The number of hydrogen-bond acceptors (Lipinski definition) is 4. The minimum Gasteiger partial charge on any atom is -0.387 e. The van der Waals surface area contributed by atoms with E-state index >= 15 is 0 Å². The van der Waals surface area contributed by atoms with Gasteiger partial charge in [0.2, 0.25) is 5.91 Å². The van der Waals surface area contributed by atoms with Crippen LogP contribution >= 0.6 is 0 Å². The highest BCUT2D eigenvalue weighted by atomic mass is 16.3. The SMILES string of the molecule is NC1(C(=O)NCC2CCN(CC(O)c3ccccc3)CC2)CCCC1. The van der Waals surface area contributed by atoms with E-state index in [1.807, 2.05) is 30.3 Å². The maximum atomic E-state index is 12.3. The van der Waals surface area contributed by atoms with E-state index in [0.717, 1.165) is 63.7 Å². The van der Waals surface area contributed by atoms with Crippen molar-refractivity contribution in [2.75, 3.05) is 26.2 Å². The fourth-order valence-electron chi connectivity index (χ4n) is 4.04. The number of nitrogens with two attached hydrogens (primary N) is 1. The first kappa shape index (κ1) is 18.4. The van der Waals surface area contributed by atoms with Crippen molar-refractivity contribution in [2.45, 2.75) is 50.2 Å². The summed E-state index contributed by atoms with van der Waals surface area (Å²) in [6.07, 6.45) is 5.43. The molecular weight excluding hydrogens is 314 g/mol. The predicted octanol–water partition coefficient (Wildman–Crippen LogP) is 1.82. The molecule has 1 aromatic carbocycles. The smallest absolute Gasteiger partial charge is 0.240 e. The molecule has 0 bridgehead atoms. The third-order valence-corrected chi connectivity index (χ3v) is 5.82. The van der Waals surface area contributed by atoms with Gasteiger partial charge in [-0.2, -0.15) is 0 Å². The summed E-state index contributed by atoms with van der Waals surface area (Å²) in [5, 5.41) is 13.4. The number of carbonyl (C=O) groups is 1. The number of aliphatic hydroxyl groups excluding tert-OH is 1. The maximum Gasteiger partial charge on any atom is 0.240 e.